The molecule has 6 nitrogen and oxygen atoms in total. The van der Waals surface area contributed by atoms with Gasteiger partial charge < -0.3 is 14.2 Å². The van der Waals surface area contributed by atoms with Crippen molar-refractivity contribution in [1.82, 2.24) is 0 Å². The minimum Gasteiger partial charge on any atom is -0.462 e. The lowest BCUT2D eigenvalue weighted by Gasteiger charge is -2.18. The third kappa shape index (κ3) is 51.4. The minimum absolute atomic E-state index is 0.100. The molecule has 0 aromatic rings. The number of carbonyl (C=O) groups is 3. The molecule has 0 rings (SSSR count). The van der Waals surface area contributed by atoms with Crippen LogP contribution in [0.25, 0.3) is 0 Å². The number of rotatable bonds is 48. The van der Waals surface area contributed by atoms with Gasteiger partial charge in [-0.15, -0.1) is 0 Å². The summed E-state index contributed by atoms with van der Waals surface area (Å²) in [6.07, 6.45) is 68.5. The monoisotopic (exact) mass is 905 g/mol. The average molecular weight is 905 g/mol. The summed E-state index contributed by atoms with van der Waals surface area (Å²) in [5, 5.41) is 0. The van der Waals surface area contributed by atoms with Crippen molar-refractivity contribution in [3.8, 4) is 0 Å². The molecule has 1 atom stereocenters. The fraction of sp³-hybridized carbons (Fsp3) is 0.712. The molecule has 0 aromatic heterocycles. The maximum absolute atomic E-state index is 12.8. The largest absolute Gasteiger partial charge is 0.462 e. The van der Waals surface area contributed by atoms with Crippen LogP contribution in [-0.4, -0.2) is 37.2 Å². The topological polar surface area (TPSA) is 78.9 Å². The first-order chi connectivity index (χ1) is 32.0. The number of ether oxygens (including phenoxy) is 3. The van der Waals surface area contributed by atoms with E-state index in [0.717, 1.165) is 96.3 Å². The average Bonchev–Trinajstić information content (AvgIpc) is 3.30. The van der Waals surface area contributed by atoms with Gasteiger partial charge in [0.25, 0.3) is 0 Å². The zero-order valence-electron chi connectivity index (χ0n) is 42.5. The lowest BCUT2D eigenvalue weighted by Crippen LogP contribution is -2.30. The predicted molar refractivity (Wildman–Crippen MR) is 279 cm³/mol. The highest BCUT2D eigenvalue weighted by Gasteiger charge is 2.19. The van der Waals surface area contributed by atoms with Gasteiger partial charge in [0.1, 0.15) is 13.2 Å². The molecule has 0 spiro atoms. The van der Waals surface area contributed by atoms with E-state index in [-0.39, 0.29) is 37.5 Å². The van der Waals surface area contributed by atoms with Gasteiger partial charge in [-0.3, -0.25) is 14.4 Å². The van der Waals surface area contributed by atoms with E-state index in [1.54, 1.807) is 0 Å². The molecule has 0 saturated heterocycles. The van der Waals surface area contributed by atoms with Crippen molar-refractivity contribution >= 4 is 17.9 Å². The van der Waals surface area contributed by atoms with Gasteiger partial charge in [-0.25, -0.2) is 0 Å². The third-order valence-corrected chi connectivity index (χ3v) is 11.4. The summed E-state index contributed by atoms with van der Waals surface area (Å²) in [6.45, 7) is 6.45. The van der Waals surface area contributed by atoms with Crippen molar-refractivity contribution in [2.24, 2.45) is 0 Å². The molecule has 1 unspecified atom stereocenters. The van der Waals surface area contributed by atoms with Gasteiger partial charge in [-0.1, -0.05) is 202 Å². The lowest BCUT2D eigenvalue weighted by molar-refractivity contribution is -0.167. The van der Waals surface area contributed by atoms with Crippen LogP contribution in [0.4, 0.5) is 0 Å². The van der Waals surface area contributed by atoms with Crippen LogP contribution in [0.1, 0.15) is 252 Å². The molecule has 0 bridgehead atoms. The second kappa shape index (κ2) is 53.2. The van der Waals surface area contributed by atoms with Crippen molar-refractivity contribution in [3.63, 3.8) is 0 Å². The predicted octanol–water partition coefficient (Wildman–Crippen LogP) is 18.0. The van der Waals surface area contributed by atoms with Gasteiger partial charge >= 0.3 is 17.9 Å². The Morgan fingerprint density at radius 1 is 0.323 bits per heavy atom. The molecule has 0 radical (unpaired) electrons. The Morgan fingerprint density at radius 2 is 0.600 bits per heavy atom. The standard InChI is InChI=1S/C59H100O6/c1-4-7-10-13-16-19-22-25-28-29-32-34-37-40-43-46-49-52-58(61)64-55-56(65-59(62)53-50-47-44-41-38-35-31-27-24-21-18-15-12-9-6-3)54-63-57(60)51-48-45-42-39-36-33-30-26-23-20-17-14-11-8-5-2/h9,12,16,18-19,21,25-28,30-31,38,41,56H,4-8,10-11,13-15,17,20,22-24,29,32-37,39-40,42-55H2,1-3H3/b12-9-,19-16-,21-18-,28-25-,30-26-,31-27-,41-38-. The summed E-state index contributed by atoms with van der Waals surface area (Å²) in [7, 11) is 0. The number of esters is 3. The third-order valence-electron chi connectivity index (χ3n) is 11.4. The Bertz CT molecular complexity index is 1270. The number of carbonyl (C=O) groups excluding carboxylic acids is 3. The molecule has 372 valence electrons. The summed E-state index contributed by atoms with van der Waals surface area (Å²) in [5.41, 5.74) is 0. The molecule has 0 N–H and O–H groups in total. The van der Waals surface area contributed by atoms with Crippen LogP contribution in [-0.2, 0) is 28.6 Å². The van der Waals surface area contributed by atoms with Gasteiger partial charge in [-0.05, 0) is 116 Å². The summed E-state index contributed by atoms with van der Waals surface area (Å²) in [6, 6.07) is 0. The van der Waals surface area contributed by atoms with Crippen molar-refractivity contribution in [2.75, 3.05) is 13.2 Å². The Kier molecular flexibility index (Phi) is 50.4. The molecule has 0 amide bonds. The van der Waals surface area contributed by atoms with E-state index in [9.17, 15) is 14.4 Å². The smallest absolute Gasteiger partial charge is 0.306 e. The summed E-state index contributed by atoms with van der Waals surface area (Å²) >= 11 is 0. The normalized spacial score (nSPS) is 12.7. The zero-order valence-corrected chi connectivity index (χ0v) is 42.5. The van der Waals surface area contributed by atoms with Crippen LogP contribution in [0.2, 0.25) is 0 Å². The highest BCUT2D eigenvalue weighted by atomic mass is 16.6. The summed E-state index contributed by atoms with van der Waals surface area (Å²) in [4.78, 5) is 38.0. The van der Waals surface area contributed by atoms with E-state index >= 15 is 0 Å². The van der Waals surface area contributed by atoms with Crippen LogP contribution in [0.15, 0.2) is 85.1 Å². The highest BCUT2D eigenvalue weighted by molar-refractivity contribution is 5.71. The maximum atomic E-state index is 12.8. The van der Waals surface area contributed by atoms with Crippen molar-refractivity contribution in [1.29, 1.82) is 0 Å². The molecular formula is C59H100O6. The van der Waals surface area contributed by atoms with Crippen LogP contribution in [0.5, 0.6) is 0 Å². The van der Waals surface area contributed by atoms with Gasteiger partial charge in [0.2, 0.25) is 0 Å². The summed E-state index contributed by atoms with van der Waals surface area (Å²) in [5.74, 6) is -0.956. The van der Waals surface area contributed by atoms with Crippen LogP contribution < -0.4 is 0 Å². The molecule has 0 aliphatic heterocycles. The van der Waals surface area contributed by atoms with Gasteiger partial charge in [0.15, 0.2) is 6.10 Å². The Hall–Kier alpha value is -3.41. The van der Waals surface area contributed by atoms with Crippen molar-refractivity contribution < 1.29 is 28.6 Å². The van der Waals surface area contributed by atoms with Crippen LogP contribution in [0.3, 0.4) is 0 Å². The van der Waals surface area contributed by atoms with E-state index in [1.165, 1.54) is 109 Å². The quantitative estimate of drug-likeness (QED) is 0.0262. The highest BCUT2D eigenvalue weighted by Crippen LogP contribution is 2.14. The Balaban J connectivity index is 4.47. The maximum Gasteiger partial charge on any atom is 0.306 e. The number of allylic oxidation sites excluding steroid dienone is 14. The molecule has 0 fully saturated rings. The SMILES string of the molecule is CC/C=C\C/C=C\C/C=C\C/C=C\CCCCC(=O)OC(COC(=O)CCCCCCC/C=C\CCCCCCCC)COC(=O)CCCCCCCCC/C=C\C/C=C\CCCCC. The first kappa shape index (κ1) is 61.6. The van der Waals surface area contributed by atoms with Gasteiger partial charge in [0, 0.05) is 19.3 Å². The first-order valence-corrected chi connectivity index (χ1v) is 27.1. The molecule has 0 aliphatic carbocycles. The van der Waals surface area contributed by atoms with Crippen LogP contribution >= 0.6 is 0 Å². The first-order valence-electron chi connectivity index (χ1n) is 27.1. The van der Waals surface area contributed by atoms with Crippen molar-refractivity contribution in [2.45, 2.75) is 258 Å². The second-order valence-corrected chi connectivity index (χ2v) is 17.7. The van der Waals surface area contributed by atoms with E-state index in [2.05, 4.69) is 106 Å². The Morgan fingerprint density at radius 3 is 1.02 bits per heavy atom. The molecular weight excluding hydrogens is 805 g/mol. The number of unbranched alkanes of at least 4 members (excludes halogenated alkanes) is 23. The molecule has 0 aliphatic rings. The van der Waals surface area contributed by atoms with Crippen LogP contribution in [0, 0.1) is 0 Å². The number of hydrogen-bond donors (Lipinski definition) is 0. The van der Waals surface area contributed by atoms with E-state index < -0.39 is 6.10 Å². The molecule has 65 heavy (non-hydrogen) atoms. The zero-order chi connectivity index (χ0) is 47.2. The van der Waals surface area contributed by atoms with Gasteiger partial charge in [-0.2, -0.15) is 0 Å². The molecule has 0 aromatic carbocycles. The molecule has 0 saturated carbocycles. The second-order valence-electron chi connectivity index (χ2n) is 17.7. The van der Waals surface area contributed by atoms with E-state index in [4.69, 9.17) is 14.2 Å². The Labute approximate surface area is 401 Å². The number of hydrogen-bond acceptors (Lipinski definition) is 6. The summed E-state index contributed by atoms with van der Waals surface area (Å²) < 4.78 is 16.8. The van der Waals surface area contributed by atoms with E-state index in [0.29, 0.717) is 19.3 Å². The van der Waals surface area contributed by atoms with Crippen molar-refractivity contribution in [3.05, 3.63) is 85.1 Å². The fourth-order valence-electron chi connectivity index (χ4n) is 7.28. The molecule has 6 heteroatoms. The lowest BCUT2D eigenvalue weighted by atomic mass is 10.1. The van der Waals surface area contributed by atoms with Gasteiger partial charge in [0.05, 0.1) is 0 Å². The minimum atomic E-state index is -0.805. The molecule has 0 heterocycles. The van der Waals surface area contributed by atoms with E-state index in [1.807, 2.05) is 0 Å². The fourth-order valence-corrected chi connectivity index (χ4v) is 7.28.